The molecule has 3 atom stereocenters. The van der Waals surface area contributed by atoms with Gasteiger partial charge in [-0.05, 0) is 37.5 Å². The summed E-state index contributed by atoms with van der Waals surface area (Å²) in [5.74, 6) is -5.54. The van der Waals surface area contributed by atoms with E-state index in [0.29, 0.717) is 16.7 Å². The lowest BCUT2D eigenvalue weighted by atomic mass is 9.94. The van der Waals surface area contributed by atoms with Crippen LogP contribution in [0, 0.1) is 0 Å². The Balaban J connectivity index is 3.18. The van der Waals surface area contributed by atoms with Crippen LogP contribution in [-0.2, 0) is 33.9 Å². The third-order valence-electron chi connectivity index (χ3n) is 3.30. The van der Waals surface area contributed by atoms with Crippen LogP contribution in [0.5, 0.6) is 0 Å². The second kappa shape index (κ2) is 7.83. The first-order valence-electron chi connectivity index (χ1n) is 7.18. The predicted molar refractivity (Wildman–Crippen MR) is 80.6 cm³/mol. The lowest BCUT2D eigenvalue weighted by molar-refractivity contribution is -0.385. The van der Waals surface area contributed by atoms with Gasteiger partial charge in [0, 0.05) is 19.3 Å². The van der Waals surface area contributed by atoms with E-state index in [1.54, 1.807) is 18.2 Å². The number of hydrogen-bond acceptors (Lipinski definition) is 9. The third-order valence-corrected chi connectivity index (χ3v) is 3.30. The van der Waals surface area contributed by atoms with E-state index in [9.17, 15) is 15.3 Å². The summed E-state index contributed by atoms with van der Waals surface area (Å²) in [6, 6.07) is 4.79. The van der Waals surface area contributed by atoms with Gasteiger partial charge in [-0.1, -0.05) is 18.2 Å². The van der Waals surface area contributed by atoms with Crippen LogP contribution in [0.2, 0.25) is 0 Å². The zero-order valence-corrected chi connectivity index (χ0v) is 13.8. The molecule has 0 radical (unpaired) electrons. The van der Waals surface area contributed by atoms with Gasteiger partial charge < -0.3 is 15.3 Å². The van der Waals surface area contributed by atoms with E-state index in [4.69, 9.17) is 15.8 Å². The molecule has 0 saturated carbocycles. The monoisotopic (exact) mass is 348 g/mol. The van der Waals surface area contributed by atoms with Crippen LogP contribution in [0.15, 0.2) is 18.2 Å². The molecule has 0 aliphatic heterocycles. The summed E-state index contributed by atoms with van der Waals surface area (Å²) in [4.78, 5) is 12.0. The molecule has 1 aromatic carbocycles. The number of aliphatic hydroxyl groups is 3. The van der Waals surface area contributed by atoms with Crippen molar-refractivity contribution < 1.29 is 45.8 Å². The van der Waals surface area contributed by atoms with Crippen molar-refractivity contribution in [3.63, 3.8) is 0 Å². The van der Waals surface area contributed by atoms with Crippen molar-refractivity contribution in [1.29, 1.82) is 0 Å². The molecule has 0 bridgehead atoms. The van der Waals surface area contributed by atoms with E-state index in [1.165, 1.54) is 20.8 Å². The molecule has 0 amide bonds. The number of rotatable bonds is 9. The van der Waals surface area contributed by atoms with E-state index in [1.807, 2.05) is 0 Å². The molecule has 1 rings (SSSR count). The SMILES string of the molecule is CC(O)(Cc1cc(CC(C)(O)OO)cc(CC(C)(O)OO)c1)OO. The Labute approximate surface area is 139 Å². The van der Waals surface area contributed by atoms with Gasteiger partial charge in [0.15, 0.2) is 17.4 Å². The summed E-state index contributed by atoms with van der Waals surface area (Å²) in [6.45, 7) is 3.75. The molecule has 1 aromatic rings. The Morgan fingerprint density at radius 1 is 0.625 bits per heavy atom. The van der Waals surface area contributed by atoms with Crippen LogP contribution in [0.25, 0.3) is 0 Å². The Morgan fingerprint density at radius 3 is 1.00 bits per heavy atom. The molecule has 6 N–H and O–H groups in total. The molecule has 0 saturated heterocycles. The Bertz CT molecular complexity index is 451. The third kappa shape index (κ3) is 6.77. The second-order valence-electron chi connectivity index (χ2n) is 6.49. The first-order valence-corrected chi connectivity index (χ1v) is 7.18. The van der Waals surface area contributed by atoms with Crippen molar-refractivity contribution in [2.75, 3.05) is 0 Å². The van der Waals surface area contributed by atoms with E-state index in [2.05, 4.69) is 14.7 Å². The van der Waals surface area contributed by atoms with E-state index in [0.717, 1.165) is 0 Å². The molecule has 0 aromatic heterocycles. The maximum absolute atomic E-state index is 9.82. The molecule has 0 aliphatic carbocycles. The van der Waals surface area contributed by atoms with Crippen molar-refractivity contribution in [2.45, 2.75) is 57.4 Å². The average molecular weight is 348 g/mol. The zero-order valence-electron chi connectivity index (χ0n) is 13.8. The molecule has 3 unspecified atom stereocenters. The molecule has 9 heteroatoms. The summed E-state index contributed by atoms with van der Waals surface area (Å²) in [6.07, 6.45) is -0.308. The standard InChI is InChI=1S/C15H24O9/c1-13(16,22-19)7-10-4-11(8-14(2,17)23-20)6-12(5-10)9-15(3,18)24-21/h4-6,16-21H,7-9H2,1-3H3. The van der Waals surface area contributed by atoms with Gasteiger partial charge in [0.05, 0.1) is 0 Å². The van der Waals surface area contributed by atoms with Crippen molar-refractivity contribution in [1.82, 2.24) is 0 Å². The van der Waals surface area contributed by atoms with Crippen molar-refractivity contribution in [3.05, 3.63) is 34.9 Å². The highest BCUT2D eigenvalue weighted by molar-refractivity contribution is 5.32. The smallest absolute Gasteiger partial charge is 0.200 e. The minimum atomic E-state index is -1.85. The van der Waals surface area contributed by atoms with E-state index in [-0.39, 0.29) is 19.3 Å². The topological polar surface area (TPSA) is 149 Å². The number of hydrogen-bond donors (Lipinski definition) is 6. The first kappa shape index (κ1) is 20.9. The fraction of sp³-hybridized carbons (Fsp3) is 0.600. The molecule has 0 spiro atoms. The lowest BCUT2D eigenvalue weighted by Gasteiger charge is -2.24. The normalized spacial score (nSPS) is 19.4. The van der Waals surface area contributed by atoms with Crippen molar-refractivity contribution >= 4 is 0 Å². The molecule has 0 aliphatic rings. The van der Waals surface area contributed by atoms with Gasteiger partial charge >= 0.3 is 0 Å². The largest absolute Gasteiger partial charge is 0.363 e. The fourth-order valence-corrected chi connectivity index (χ4v) is 2.38. The molecule has 138 valence electrons. The maximum atomic E-state index is 9.82. The molecular formula is C15H24O9. The summed E-state index contributed by atoms with van der Waals surface area (Å²) in [5.41, 5.74) is 1.51. The van der Waals surface area contributed by atoms with E-state index < -0.39 is 17.4 Å². The van der Waals surface area contributed by atoms with Crippen LogP contribution in [0.4, 0.5) is 0 Å². The minimum Gasteiger partial charge on any atom is -0.363 e. The quantitative estimate of drug-likeness (QED) is 0.217. The van der Waals surface area contributed by atoms with Gasteiger partial charge in [-0.25, -0.2) is 30.4 Å². The Morgan fingerprint density at radius 2 is 0.833 bits per heavy atom. The Hall–Kier alpha value is -1.14. The second-order valence-corrected chi connectivity index (χ2v) is 6.49. The molecule has 0 heterocycles. The zero-order chi connectivity index (χ0) is 18.6. The molecule has 9 nitrogen and oxygen atoms in total. The van der Waals surface area contributed by atoms with Crippen LogP contribution in [0.3, 0.4) is 0 Å². The summed E-state index contributed by atoms with van der Waals surface area (Å²) >= 11 is 0. The predicted octanol–water partition coefficient (Wildman–Crippen LogP) is 0.908. The van der Waals surface area contributed by atoms with Crippen LogP contribution >= 0.6 is 0 Å². The highest BCUT2D eigenvalue weighted by Gasteiger charge is 2.27. The highest BCUT2D eigenvalue weighted by atomic mass is 17.1. The summed E-state index contributed by atoms with van der Waals surface area (Å²) in [7, 11) is 0. The molecular weight excluding hydrogens is 324 g/mol. The first-order chi connectivity index (χ1) is 10.9. The van der Waals surface area contributed by atoms with Crippen LogP contribution in [0.1, 0.15) is 37.5 Å². The van der Waals surface area contributed by atoms with Gasteiger partial charge in [0.1, 0.15) is 0 Å². The van der Waals surface area contributed by atoms with Gasteiger partial charge in [-0.2, -0.15) is 0 Å². The summed E-state index contributed by atoms with van der Waals surface area (Å²) < 4.78 is 0. The fourth-order valence-electron chi connectivity index (χ4n) is 2.38. The average Bonchev–Trinajstić information content (AvgIpc) is 2.45. The highest BCUT2D eigenvalue weighted by Crippen LogP contribution is 2.23. The van der Waals surface area contributed by atoms with Crippen molar-refractivity contribution in [2.24, 2.45) is 0 Å². The molecule has 0 fully saturated rings. The van der Waals surface area contributed by atoms with Crippen molar-refractivity contribution in [3.8, 4) is 0 Å². The lowest BCUT2D eigenvalue weighted by Crippen LogP contribution is -2.32. The van der Waals surface area contributed by atoms with Gasteiger partial charge in [-0.15, -0.1) is 0 Å². The maximum Gasteiger partial charge on any atom is 0.200 e. The van der Waals surface area contributed by atoms with E-state index >= 15 is 0 Å². The van der Waals surface area contributed by atoms with Gasteiger partial charge in [0.2, 0.25) is 0 Å². The minimum absolute atomic E-state index is 0.103. The number of benzene rings is 1. The van der Waals surface area contributed by atoms with Crippen LogP contribution in [-0.4, -0.2) is 48.5 Å². The summed E-state index contributed by atoms with van der Waals surface area (Å²) in [5, 5.41) is 55.6. The molecule has 24 heavy (non-hydrogen) atoms. The van der Waals surface area contributed by atoms with Gasteiger partial charge in [0.25, 0.3) is 0 Å². The Kier molecular flexibility index (Phi) is 6.82. The van der Waals surface area contributed by atoms with Gasteiger partial charge in [-0.3, -0.25) is 0 Å². The van der Waals surface area contributed by atoms with Crippen LogP contribution < -0.4 is 0 Å².